The van der Waals surface area contributed by atoms with E-state index in [2.05, 4.69) is 5.32 Å². The molecule has 5 heteroatoms. The molecule has 1 rings (SSSR count). The highest BCUT2D eigenvalue weighted by Gasteiger charge is 2.13. The molecule has 0 aliphatic rings. The minimum atomic E-state index is -0.230. The van der Waals surface area contributed by atoms with E-state index in [1.165, 1.54) is 4.90 Å². The second-order valence-electron chi connectivity index (χ2n) is 4.52. The molecule has 5 nitrogen and oxygen atoms in total. The zero-order valence-electron chi connectivity index (χ0n) is 11.6. The first-order chi connectivity index (χ1) is 8.99. The molecule has 0 atom stereocenters. The molecule has 1 aromatic rings. The van der Waals surface area contributed by atoms with Gasteiger partial charge >= 0.3 is 0 Å². The minimum absolute atomic E-state index is 0.00417. The molecule has 0 aromatic heterocycles. The van der Waals surface area contributed by atoms with Crippen molar-refractivity contribution < 1.29 is 14.3 Å². The summed E-state index contributed by atoms with van der Waals surface area (Å²) in [5.74, 6) is -0.441. The highest BCUT2D eigenvalue weighted by Crippen LogP contribution is 2.04. The molecule has 0 aliphatic heterocycles. The average Bonchev–Trinajstić information content (AvgIpc) is 2.36. The summed E-state index contributed by atoms with van der Waals surface area (Å²) in [6.07, 6.45) is -0.00417. The molecule has 0 heterocycles. The second-order valence-corrected chi connectivity index (χ2v) is 4.52. The van der Waals surface area contributed by atoms with Gasteiger partial charge in [-0.05, 0) is 26.0 Å². The number of rotatable bonds is 6. The van der Waals surface area contributed by atoms with Gasteiger partial charge in [-0.3, -0.25) is 9.59 Å². The molecule has 0 saturated heterocycles. The van der Waals surface area contributed by atoms with Crippen molar-refractivity contribution in [3.8, 4) is 0 Å². The van der Waals surface area contributed by atoms with Crippen LogP contribution in [-0.2, 0) is 14.3 Å². The largest absolute Gasteiger partial charge is 0.369 e. The Hall–Kier alpha value is -1.88. The van der Waals surface area contributed by atoms with Crippen molar-refractivity contribution in [2.75, 3.05) is 25.5 Å². The lowest BCUT2D eigenvalue weighted by Crippen LogP contribution is -2.37. The Bertz CT molecular complexity index is 418. The number of amides is 2. The van der Waals surface area contributed by atoms with E-state index in [9.17, 15) is 9.59 Å². The number of anilines is 1. The second kappa shape index (κ2) is 7.53. The van der Waals surface area contributed by atoms with Crippen LogP contribution in [0.2, 0.25) is 0 Å². The first-order valence-electron chi connectivity index (χ1n) is 6.19. The fraction of sp³-hybridized carbons (Fsp3) is 0.429. The standard InChI is InChI=1S/C14H20N2O3/c1-11(2)19-10-14(18)16(3)9-13(17)15-12-7-5-4-6-8-12/h4-8,11H,9-10H2,1-3H3,(H,15,17). The van der Waals surface area contributed by atoms with E-state index in [-0.39, 0.29) is 31.1 Å². The smallest absolute Gasteiger partial charge is 0.248 e. The number of benzene rings is 1. The van der Waals surface area contributed by atoms with Crippen LogP contribution < -0.4 is 5.32 Å². The van der Waals surface area contributed by atoms with Gasteiger partial charge in [0.25, 0.3) is 0 Å². The fourth-order valence-corrected chi connectivity index (χ4v) is 1.37. The van der Waals surface area contributed by atoms with Crippen LogP contribution in [0.3, 0.4) is 0 Å². The van der Waals surface area contributed by atoms with Gasteiger partial charge in [-0.2, -0.15) is 0 Å². The van der Waals surface area contributed by atoms with E-state index < -0.39 is 0 Å². The SMILES string of the molecule is CC(C)OCC(=O)N(C)CC(=O)Nc1ccccc1. The Labute approximate surface area is 113 Å². The number of carbonyl (C=O) groups excluding carboxylic acids is 2. The quantitative estimate of drug-likeness (QED) is 0.847. The van der Waals surface area contributed by atoms with Crippen LogP contribution in [0.25, 0.3) is 0 Å². The normalized spacial score (nSPS) is 10.3. The van der Waals surface area contributed by atoms with Gasteiger partial charge < -0.3 is 15.0 Å². The molecule has 0 spiro atoms. The van der Waals surface area contributed by atoms with Crippen LogP contribution in [0.15, 0.2) is 30.3 Å². The first kappa shape index (κ1) is 15.2. The molecule has 1 aromatic carbocycles. The molecule has 19 heavy (non-hydrogen) atoms. The number of likely N-dealkylation sites (N-methyl/N-ethyl adjacent to an activating group) is 1. The Kier molecular flexibility index (Phi) is 6.02. The van der Waals surface area contributed by atoms with Gasteiger partial charge in [0, 0.05) is 12.7 Å². The van der Waals surface area contributed by atoms with Gasteiger partial charge in [-0.1, -0.05) is 18.2 Å². The summed E-state index contributed by atoms with van der Waals surface area (Å²) in [5, 5.41) is 2.72. The summed E-state index contributed by atoms with van der Waals surface area (Å²) in [7, 11) is 1.58. The summed E-state index contributed by atoms with van der Waals surface area (Å²) in [5.41, 5.74) is 0.715. The lowest BCUT2D eigenvalue weighted by atomic mass is 10.3. The van der Waals surface area contributed by atoms with E-state index in [0.717, 1.165) is 0 Å². The van der Waals surface area contributed by atoms with E-state index in [1.54, 1.807) is 19.2 Å². The van der Waals surface area contributed by atoms with Crippen LogP contribution in [0.4, 0.5) is 5.69 Å². The maximum atomic E-state index is 11.7. The van der Waals surface area contributed by atoms with Gasteiger partial charge in [-0.15, -0.1) is 0 Å². The van der Waals surface area contributed by atoms with Crippen LogP contribution in [0.5, 0.6) is 0 Å². The number of nitrogens with one attached hydrogen (secondary N) is 1. The maximum Gasteiger partial charge on any atom is 0.248 e. The molecule has 2 amide bonds. The predicted molar refractivity (Wildman–Crippen MR) is 73.8 cm³/mol. The molecule has 0 radical (unpaired) electrons. The lowest BCUT2D eigenvalue weighted by Gasteiger charge is -2.17. The number of nitrogens with zero attached hydrogens (tertiary/aromatic N) is 1. The van der Waals surface area contributed by atoms with Crippen LogP contribution in [-0.4, -0.2) is 43.0 Å². The third-order valence-corrected chi connectivity index (χ3v) is 2.40. The van der Waals surface area contributed by atoms with Crippen LogP contribution >= 0.6 is 0 Å². The van der Waals surface area contributed by atoms with Gasteiger partial charge in [0.1, 0.15) is 6.61 Å². The summed E-state index contributed by atoms with van der Waals surface area (Å²) < 4.78 is 5.20. The molecular formula is C14H20N2O3. The summed E-state index contributed by atoms with van der Waals surface area (Å²) >= 11 is 0. The predicted octanol–water partition coefficient (Wildman–Crippen LogP) is 1.51. The topological polar surface area (TPSA) is 58.6 Å². The molecule has 1 N–H and O–H groups in total. The third kappa shape index (κ3) is 6.01. The number of ether oxygens (including phenoxy) is 1. The summed E-state index contributed by atoms with van der Waals surface area (Å²) in [4.78, 5) is 24.7. The lowest BCUT2D eigenvalue weighted by molar-refractivity contribution is -0.138. The van der Waals surface area contributed by atoms with Gasteiger partial charge in [0.2, 0.25) is 11.8 Å². The third-order valence-electron chi connectivity index (χ3n) is 2.40. The van der Waals surface area contributed by atoms with E-state index >= 15 is 0 Å². The van der Waals surface area contributed by atoms with E-state index in [1.807, 2.05) is 32.0 Å². The Morgan fingerprint density at radius 1 is 1.26 bits per heavy atom. The van der Waals surface area contributed by atoms with Crippen molar-refractivity contribution in [1.29, 1.82) is 0 Å². The molecule has 0 fully saturated rings. The average molecular weight is 264 g/mol. The Balaban J connectivity index is 2.37. The van der Waals surface area contributed by atoms with Gasteiger partial charge in [0.15, 0.2) is 0 Å². The van der Waals surface area contributed by atoms with Crippen molar-refractivity contribution in [3.05, 3.63) is 30.3 Å². The maximum absolute atomic E-state index is 11.7. The van der Waals surface area contributed by atoms with Crippen molar-refractivity contribution in [2.24, 2.45) is 0 Å². The highest BCUT2D eigenvalue weighted by atomic mass is 16.5. The number of hydrogen-bond acceptors (Lipinski definition) is 3. The van der Waals surface area contributed by atoms with Crippen molar-refractivity contribution in [3.63, 3.8) is 0 Å². The van der Waals surface area contributed by atoms with Crippen LogP contribution in [0, 0.1) is 0 Å². The van der Waals surface area contributed by atoms with Gasteiger partial charge in [-0.25, -0.2) is 0 Å². The Morgan fingerprint density at radius 2 is 1.89 bits per heavy atom. The van der Waals surface area contributed by atoms with Gasteiger partial charge in [0.05, 0.1) is 12.6 Å². The van der Waals surface area contributed by atoms with Crippen molar-refractivity contribution in [1.82, 2.24) is 4.90 Å². The van der Waals surface area contributed by atoms with Crippen molar-refractivity contribution >= 4 is 17.5 Å². The minimum Gasteiger partial charge on any atom is -0.369 e. The summed E-state index contributed by atoms with van der Waals surface area (Å²) in [6.45, 7) is 3.72. The molecular weight excluding hydrogens is 244 g/mol. The van der Waals surface area contributed by atoms with Crippen LogP contribution in [0.1, 0.15) is 13.8 Å². The number of para-hydroxylation sites is 1. The molecule has 104 valence electrons. The molecule has 0 unspecified atom stereocenters. The van der Waals surface area contributed by atoms with Crippen molar-refractivity contribution in [2.45, 2.75) is 20.0 Å². The zero-order chi connectivity index (χ0) is 14.3. The monoisotopic (exact) mass is 264 g/mol. The number of hydrogen-bond donors (Lipinski definition) is 1. The van der Waals surface area contributed by atoms with E-state index in [4.69, 9.17) is 4.74 Å². The number of carbonyl (C=O) groups is 2. The Morgan fingerprint density at radius 3 is 2.47 bits per heavy atom. The summed E-state index contributed by atoms with van der Waals surface area (Å²) in [6, 6.07) is 9.12. The van der Waals surface area contributed by atoms with E-state index in [0.29, 0.717) is 5.69 Å². The first-order valence-corrected chi connectivity index (χ1v) is 6.19. The fourth-order valence-electron chi connectivity index (χ4n) is 1.37. The molecule has 0 saturated carbocycles. The highest BCUT2D eigenvalue weighted by molar-refractivity contribution is 5.94. The molecule has 0 bridgehead atoms. The molecule has 0 aliphatic carbocycles. The zero-order valence-corrected chi connectivity index (χ0v) is 11.6.